The molecule has 2 nitrogen and oxygen atoms in total. The van der Waals surface area contributed by atoms with Crippen LogP contribution >= 0.6 is 0 Å². The van der Waals surface area contributed by atoms with Gasteiger partial charge in [-0.15, -0.1) is 0 Å². The van der Waals surface area contributed by atoms with Crippen LogP contribution in [0.5, 0.6) is 17.2 Å². The molecule has 0 aromatic heterocycles. The van der Waals surface area contributed by atoms with Gasteiger partial charge >= 0.3 is 0 Å². The standard InChI is InChI=1S/C25H27O2/c1-4-26-22-15-13-21(14-16-22)25(19(2)3)18-20-9-8-12-24(17-20)27-23-10-6-5-7-11-23/h5-17,25H,4,18H2,1-3H3. The second kappa shape index (κ2) is 9.27. The Morgan fingerprint density at radius 2 is 1.48 bits per heavy atom. The summed E-state index contributed by atoms with van der Waals surface area (Å²) in [5.74, 6) is 4.42. The molecule has 139 valence electrons. The fraction of sp³-hybridized carbons (Fsp3) is 0.240. The van der Waals surface area contributed by atoms with Crippen LogP contribution in [0.3, 0.4) is 0 Å². The van der Waals surface area contributed by atoms with Gasteiger partial charge in [0.15, 0.2) is 0 Å². The van der Waals surface area contributed by atoms with Gasteiger partial charge in [-0.05, 0) is 72.7 Å². The topological polar surface area (TPSA) is 18.5 Å². The summed E-state index contributed by atoms with van der Waals surface area (Å²) in [6, 6.07) is 26.7. The average Bonchev–Trinajstić information content (AvgIpc) is 2.68. The van der Waals surface area contributed by atoms with Gasteiger partial charge in [0.25, 0.3) is 0 Å². The Balaban J connectivity index is 1.75. The van der Waals surface area contributed by atoms with Crippen LogP contribution in [-0.4, -0.2) is 6.61 Å². The van der Waals surface area contributed by atoms with Crippen molar-refractivity contribution in [3.63, 3.8) is 0 Å². The molecule has 1 atom stereocenters. The summed E-state index contributed by atoms with van der Waals surface area (Å²) in [4.78, 5) is 0. The Labute approximate surface area is 162 Å². The fourth-order valence-corrected chi connectivity index (χ4v) is 3.21. The van der Waals surface area contributed by atoms with E-state index < -0.39 is 0 Å². The van der Waals surface area contributed by atoms with Gasteiger partial charge < -0.3 is 9.47 Å². The Bertz CT molecular complexity index is 822. The highest BCUT2D eigenvalue weighted by molar-refractivity contribution is 5.37. The Morgan fingerprint density at radius 1 is 0.778 bits per heavy atom. The van der Waals surface area contributed by atoms with E-state index in [1.807, 2.05) is 43.3 Å². The lowest BCUT2D eigenvalue weighted by Crippen LogP contribution is -2.09. The zero-order chi connectivity index (χ0) is 19.1. The van der Waals surface area contributed by atoms with Crippen molar-refractivity contribution in [3.8, 4) is 17.2 Å². The van der Waals surface area contributed by atoms with Gasteiger partial charge in [0.1, 0.15) is 17.2 Å². The molecule has 2 heteroatoms. The molecule has 0 amide bonds. The minimum atomic E-state index is 0.368. The minimum Gasteiger partial charge on any atom is -0.494 e. The van der Waals surface area contributed by atoms with Crippen molar-refractivity contribution < 1.29 is 9.47 Å². The van der Waals surface area contributed by atoms with Gasteiger partial charge in [-0.3, -0.25) is 0 Å². The predicted octanol–water partition coefficient (Wildman–Crippen LogP) is 6.82. The molecule has 0 saturated heterocycles. The molecular weight excluding hydrogens is 332 g/mol. The monoisotopic (exact) mass is 359 g/mol. The molecule has 3 rings (SSSR count). The maximum absolute atomic E-state index is 5.99. The van der Waals surface area contributed by atoms with Gasteiger partial charge in [0.05, 0.1) is 6.61 Å². The highest BCUT2D eigenvalue weighted by atomic mass is 16.5. The van der Waals surface area contributed by atoms with Crippen LogP contribution in [0.1, 0.15) is 37.8 Å². The molecule has 1 unspecified atom stereocenters. The number of rotatable bonds is 8. The SMILES string of the molecule is CCOc1ccc(C(Cc2cccc(Oc3ccccc3)c2)[C](C)C)cc1. The number of hydrogen-bond acceptors (Lipinski definition) is 2. The third-order valence-electron chi connectivity index (χ3n) is 4.61. The van der Waals surface area contributed by atoms with E-state index in [1.54, 1.807) is 0 Å². The number of para-hydroxylation sites is 1. The lowest BCUT2D eigenvalue weighted by molar-refractivity contribution is 0.340. The molecule has 0 bridgehead atoms. The van der Waals surface area contributed by atoms with Gasteiger partial charge in [0, 0.05) is 0 Å². The first-order valence-electron chi connectivity index (χ1n) is 9.50. The van der Waals surface area contributed by atoms with E-state index in [2.05, 4.69) is 56.3 Å². The molecule has 0 aliphatic rings. The average molecular weight is 359 g/mol. The zero-order valence-electron chi connectivity index (χ0n) is 16.3. The quantitative estimate of drug-likeness (QED) is 0.439. The summed E-state index contributed by atoms with van der Waals surface area (Å²) in [5, 5.41) is 0. The molecule has 0 spiro atoms. The van der Waals surface area contributed by atoms with E-state index in [0.717, 1.165) is 23.7 Å². The van der Waals surface area contributed by atoms with Gasteiger partial charge in [-0.25, -0.2) is 0 Å². The lowest BCUT2D eigenvalue weighted by Gasteiger charge is -2.22. The normalized spacial score (nSPS) is 12.0. The zero-order valence-corrected chi connectivity index (χ0v) is 16.3. The molecular formula is C25H27O2. The van der Waals surface area contributed by atoms with Crippen LogP contribution in [0.25, 0.3) is 0 Å². The van der Waals surface area contributed by atoms with E-state index >= 15 is 0 Å². The molecule has 3 aromatic carbocycles. The van der Waals surface area contributed by atoms with Gasteiger partial charge in [-0.1, -0.05) is 56.3 Å². The van der Waals surface area contributed by atoms with E-state index in [-0.39, 0.29) is 0 Å². The van der Waals surface area contributed by atoms with Gasteiger partial charge in [0.2, 0.25) is 0 Å². The fourth-order valence-electron chi connectivity index (χ4n) is 3.21. The maximum Gasteiger partial charge on any atom is 0.127 e. The second-order valence-electron chi connectivity index (χ2n) is 6.90. The number of benzene rings is 3. The Kier molecular flexibility index (Phi) is 6.54. The van der Waals surface area contributed by atoms with Crippen LogP contribution in [0.2, 0.25) is 0 Å². The Morgan fingerprint density at radius 3 is 2.15 bits per heavy atom. The molecule has 1 radical (unpaired) electrons. The van der Waals surface area contributed by atoms with Crippen molar-refractivity contribution >= 4 is 0 Å². The lowest BCUT2D eigenvalue weighted by atomic mass is 9.83. The van der Waals surface area contributed by atoms with E-state index in [1.165, 1.54) is 17.0 Å². The van der Waals surface area contributed by atoms with Crippen LogP contribution in [-0.2, 0) is 6.42 Å². The summed E-state index contributed by atoms with van der Waals surface area (Å²) in [6.07, 6.45) is 0.947. The highest BCUT2D eigenvalue weighted by Gasteiger charge is 2.17. The van der Waals surface area contributed by atoms with Crippen LogP contribution in [0, 0.1) is 5.92 Å². The smallest absolute Gasteiger partial charge is 0.127 e. The molecule has 0 heterocycles. The molecule has 3 aromatic rings. The van der Waals surface area contributed by atoms with Crippen LogP contribution < -0.4 is 9.47 Å². The summed E-state index contributed by atoms with van der Waals surface area (Å²) >= 11 is 0. The maximum atomic E-state index is 5.99. The second-order valence-corrected chi connectivity index (χ2v) is 6.90. The van der Waals surface area contributed by atoms with E-state index in [4.69, 9.17) is 9.47 Å². The number of hydrogen-bond donors (Lipinski definition) is 0. The molecule has 0 fully saturated rings. The number of ether oxygens (including phenoxy) is 2. The first-order chi connectivity index (χ1) is 13.2. The van der Waals surface area contributed by atoms with Crippen LogP contribution in [0.15, 0.2) is 78.9 Å². The summed E-state index contributed by atoms with van der Waals surface area (Å²) < 4.78 is 11.6. The van der Waals surface area contributed by atoms with Crippen LogP contribution in [0.4, 0.5) is 0 Å². The molecule has 0 saturated carbocycles. The third-order valence-corrected chi connectivity index (χ3v) is 4.61. The van der Waals surface area contributed by atoms with Crippen molar-refractivity contribution in [2.75, 3.05) is 6.61 Å². The van der Waals surface area contributed by atoms with Crippen molar-refractivity contribution in [2.24, 2.45) is 0 Å². The molecule has 0 aliphatic heterocycles. The molecule has 27 heavy (non-hydrogen) atoms. The largest absolute Gasteiger partial charge is 0.494 e. The molecule has 0 aliphatic carbocycles. The summed E-state index contributed by atoms with van der Waals surface area (Å²) in [6.45, 7) is 7.10. The predicted molar refractivity (Wildman–Crippen MR) is 112 cm³/mol. The van der Waals surface area contributed by atoms with E-state index in [9.17, 15) is 0 Å². The molecule has 0 N–H and O–H groups in total. The van der Waals surface area contributed by atoms with Crippen molar-refractivity contribution in [3.05, 3.63) is 95.9 Å². The summed E-state index contributed by atoms with van der Waals surface area (Å²) in [5.41, 5.74) is 2.58. The minimum absolute atomic E-state index is 0.368. The van der Waals surface area contributed by atoms with Crippen molar-refractivity contribution in [1.82, 2.24) is 0 Å². The van der Waals surface area contributed by atoms with Crippen molar-refractivity contribution in [2.45, 2.75) is 33.1 Å². The first kappa shape index (κ1) is 19.0. The summed E-state index contributed by atoms with van der Waals surface area (Å²) in [7, 11) is 0. The third kappa shape index (κ3) is 5.37. The van der Waals surface area contributed by atoms with Gasteiger partial charge in [-0.2, -0.15) is 0 Å². The van der Waals surface area contributed by atoms with E-state index in [0.29, 0.717) is 12.5 Å². The highest BCUT2D eigenvalue weighted by Crippen LogP contribution is 2.32. The first-order valence-corrected chi connectivity index (χ1v) is 9.50. The Hall–Kier alpha value is -2.74. The van der Waals surface area contributed by atoms with Crippen molar-refractivity contribution in [1.29, 1.82) is 0 Å².